The van der Waals surface area contributed by atoms with Gasteiger partial charge in [0.05, 0.1) is 23.1 Å². The molecule has 8 heteroatoms. The van der Waals surface area contributed by atoms with Crippen LogP contribution in [0.4, 0.5) is 5.69 Å². The van der Waals surface area contributed by atoms with Gasteiger partial charge in [0.15, 0.2) is 5.69 Å². The molecule has 0 bridgehead atoms. The Kier molecular flexibility index (Phi) is 6.16. The van der Waals surface area contributed by atoms with Crippen molar-refractivity contribution in [2.75, 3.05) is 0 Å². The Morgan fingerprint density at radius 3 is 2.26 bits per heavy atom. The molecule has 0 aliphatic carbocycles. The van der Waals surface area contributed by atoms with E-state index in [0.29, 0.717) is 23.7 Å². The molecular formula is C34H28N6O2. The second-order valence-electron chi connectivity index (χ2n) is 10.3. The van der Waals surface area contributed by atoms with Crippen molar-refractivity contribution in [3.8, 4) is 17.1 Å². The number of nitrogens with zero attached hydrogens (tertiary/aromatic N) is 6. The van der Waals surface area contributed by atoms with Gasteiger partial charge in [-0.3, -0.25) is 9.20 Å². The highest BCUT2D eigenvalue weighted by Gasteiger charge is 2.26. The second kappa shape index (κ2) is 10.2. The maximum Gasteiger partial charge on any atom is 0.314 e. The number of aryl methyl sites for hydroxylation is 2. The van der Waals surface area contributed by atoms with Crippen LogP contribution < -0.4 is 0 Å². The molecular weight excluding hydrogens is 524 g/mol. The number of aromatic hydroxyl groups is 1. The van der Waals surface area contributed by atoms with Gasteiger partial charge in [-0.2, -0.15) is 0 Å². The zero-order valence-electron chi connectivity index (χ0n) is 23.3. The number of hydrogen-bond donors (Lipinski definition) is 1. The van der Waals surface area contributed by atoms with Gasteiger partial charge in [-0.15, -0.1) is 10.2 Å². The molecule has 0 aliphatic rings. The van der Waals surface area contributed by atoms with E-state index in [2.05, 4.69) is 33.9 Å². The maximum absolute atomic E-state index is 14.1. The number of aromatic nitrogens is 4. The summed E-state index contributed by atoms with van der Waals surface area (Å²) in [5.74, 6) is 0.0426. The van der Waals surface area contributed by atoms with Crippen LogP contribution in [0.5, 0.6) is 5.88 Å². The van der Waals surface area contributed by atoms with Gasteiger partial charge >= 0.3 is 5.91 Å². The Hall–Kier alpha value is -5.50. The lowest BCUT2D eigenvalue weighted by Crippen LogP contribution is -2.02. The molecule has 0 fully saturated rings. The lowest BCUT2D eigenvalue weighted by Gasteiger charge is -2.05. The van der Waals surface area contributed by atoms with Crippen LogP contribution in [-0.4, -0.2) is 29.5 Å². The number of para-hydroxylation sites is 2. The molecule has 1 amide bonds. The minimum Gasteiger partial charge on any atom is -0.493 e. The summed E-state index contributed by atoms with van der Waals surface area (Å²) in [6.45, 7) is 2.65. The molecule has 0 aliphatic heterocycles. The molecule has 3 aromatic heterocycles. The van der Waals surface area contributed by atoms with E-state index in [1.54, 1.807) is 11.6 Å². The van der Waals surface area contributed by atoms with Gasteiger partial charge in [0.1, 0.15) is 11.4 Å². The van der Waals surface area contributed by atoms with Crippen molar-refractivity contribution in [2.45, 2.75) is 19.9 Å². The summed E-state index contributed by atoms with van der Waals surface area (Å²) in [5.41, 5.74) is 6.74. The molecule has 3 heterocycles. The number of hydrogen-bond acceptors (Lipinski definition) is 4. The Morgan fingerprint density at radius 1 is 0.833 bits per heavy atom. The van der Waals surface area contributed by atoms with Crippen LogP contribution in [0.2, 0.25) is 0 Å². The first kappa shape index (κ1) is 25.5. The number of fused-ring (bicyclic) bond motifs is 4. The summed E-state index contributed by atoms with van der Waals surface area (Å²) >= 11 is 0. The summed E-state index contributed by atoms with van der Waals surface area (Å²) in [4.78, 5) is 19.1. The monoisotopic (exact) mass is 552 g/mol. The Bertz CT molecular complexity index is 2140. The molecule has 42 heavy (non-hydrogen) atoms. The number of rotatable bonds is 6. The molecule has 7 rings (SSSR count). The fourth-order valence-electron chi connectivity index (χ4n) is 5.64. The molecule has 0 spiro atoms. The summed E-state index contributed by atoms with van der Waals surface area (Å²) < 4.78 is 5.64. The van der Waals surface area contributed by atoms with Crippen LogP contribution in [0.25, 0.3) is 39.0 Å². The average Bonchev–Trinajstić information content (AvgIpc) is 3.64. The molecule has 206 valence electrons. The molecule has 0 atom stereocenters. The maximum atomic E-state index is 14.1. The Labute approximate surface area is 241 Å². The largest absolute Gasteiger partial charge is 0.493 e. The third kappa shape index (κ3) is 4.07. The zero-order chi connectivity index (χ0) is 28.8. The van der Waals surface area contributed by atoms with E-state index in [1.807, 2.05) is 95.4 Å². The van der Waals surface area contributed by atoms with E-state index in [-0.39, 0.29) is 11.6 Å². The highest BCUT2D eigenvalue weighted by molar-refractivity contribution is 6.03. The normalized spacial score (nSPS) is 11.9. The molecule has 8 nitrogen and oxygen atoms in total. The van der Waals surface area contributed by atoms with Crippen molar-refractivity contribution in [2.24, 2.45) is 17.3 Å². The predicted molar refractivity (Wildman–Crippen MR) is 164 cm³/mol. The number of benzene rings is 4. The lowest BCUT2D eigenvalue weighted by atomic mass is 10.1. The first-order valence-electron chi connectivity index (χ1n) is 13.9. The van der Waals surface area contributed by atoms with Gasteiger partial charge in [-0.1, -0.05) is 85.8 Å². The molecule has 0 saturated heterocycles. The van der Waals surface area contributed by atoms with Gasteiger partial charge in [0.2, 0.25) is 11.7 Å². The minimum absolute atomic E-state index is 0.0454. The quantitative estimate of drug-likeness (QED) is 0.215. The van der Waals surface area contributed by atoms with Crippen molar-refractivity contribution in [3.05, 3.63) is 120 Å². The number of imidazole rings is 2. The van der Waals surface area contributed by atoms with E-state index >= 15 is 0 Å². The SMILES string of the molecule is CCc1ccc2c(c1)c(N=NC(=O)c1c(-c3ccccc3)nc3n(Cc4ccccc4)c4ccccc4n13)c(O)n2C. The fourth-order valence-corrected chi connectivity index (χ4v) is 5.64. The molecule has 1 N–H and O–H groups in total. The van der Waals surface area contributed by atoms with Crippen molar-refractivity contribution >= 4 is 39.3 Å². The predicted octanol–water partition coefficient (Wildman–Crippen LogP) is 7.69. The molecule has 0 unspecified atom stereocenters. The minimum atomic E-state index is -0.549. The van der Waals surface area contributed by atoms with E-state index in [4.69, 9.17) is 4.98 Å². The first-order valence-corrected chi connectivity index (χ1v) is 13.9. The standard InChI is InChI=1S/C34H28N6O2/c1-3-22-18-19-26-25(20-22)30(33(42)38(26)2)36-37-32(41)31-29(24-14-8-5-9-15-24)35-34-39(21-23-12-6-4-7-13-23)27-16-10-11-17-28(27)40(31)34/h4-20,42H,3,21H2,1-2H3. The highest BCUT2D eigenvalue weighted by Crippen LogP contribution is 2.39. The van der Waals surface area contributed by atoms with Crippen molar-refractivity contribution in [1.82, 2.24) is 18.5 Å². The van der Waals surface area contributed by atoms with Crippen LogP contribution >= 0.6 is 0 Å². The van der Waals surface area contributed by atoms with Crippen LogP contribution in [0.15, 0.2) is 113 Å². The smallest absolute Gasteiger partial charge is 0.314 e. The van der Waals surface area contributed by atoms with E-state index in [9.17, 15) is 9.90 Å². The average molecular weight is 553 g/mol. The third-order valence-corrected chi connectivity index (χ3v) is 7.80. The van der Waals surface area contributed by atoms with Gasteiger partial charge in [0, 0.05) is 18.0 Å². The molecule has 0 radical (unpaired) electrons. The first-order chi connectivity index (χ1) is 20.5. The van der Waals surface area contributed by atoms with Crippen LogP contribution in [-0.2, 0) is 20.0 Å². The van der Waals surface area contributed by atoms with Crippen LogP contribution in [0, 0.1) is 0 Å². The van der Waals surface area contributed by atoms with Crippen molar-refractivity contribution in [3.63, 3.8) is 0 Å². The number of carbonyl (C=O) groups excluding carboxylic acids is 1. The molecule has 4 aromatic carbocycles. The Morgan fingerprint density at radius 2 is 1.52 bits per heavy atom. The van der Waals surface area contributed by atoms with Gasteiger partial charge in [0.25, 0.3) is 0 Å². The summed E-state index contributed by atoms with van der Waals surface area (Å²) in [7, 11) is 1.76. The van der Waals surface area contributed by atoms with Gasteiger partial charge in [-0.25, -0.2) is 4.98 Å². The summed E-state index contributed by atoms with van der Waals surface area (Å²) in [6, 6.07) is 33.7. The second-order valence-corrected chi connectivity index (χ2v) is 10.3. The van der Waals surface area contributed by atoms with E-state index < -0.39 is 5.91 Å². The topological polar surface area (TPSA) is 89.2 Å². The number of amides is 1. The van der Waals surface area contributed by atoms with Crippen molar-refractivity contribution in [1.29, 1.82) is 0 Å². The summed E-state index contributed by atoms with van der Waals surface area (Å²) in [5, 5.41) is 20.2. The highest BCUT2D eigenvalue weighted by atomic mass is 16.3. The molecule has 7 aromatic rings. The van der Waals surface area contributed by atoms with E-state index in [1.165, 1.54) is 0 Å². The zero-order valence-corrected chi connectivity index (χ0v) is 23.3. The lowest BCUT2D eigenvalue weighted by molar-refractivity contribution is 0.0990. The number of azo groups is 1. The van der Waals surface area contributed by atoms with Crippen LogP contribution in [0.3, 0.4) is 0 Å². The Balaban J connectivity index is 1.43. The molecule has 0 saturated carbocycles. The fraction of sp³-hybridized carbons (Fsp3) is 0.118. The van der Waals surface area contributed by atoms with E-state index in [0.717, 1.165) is 45.0 Å². The number of carbonyl (C=O) groups is 1. The van der Waals surface area contributed by atoms with Crippen LogP contribution in [0.1, 0.15) is 28.5 Å². The summed E-state index contributed by atoms with van der Waals surface area (Å²) in [6.07, 6.45) is 0.836. The van der Waals surface area contributed by atoms with Crippen molar-refractivity contribution < 1.29 is 9.90 Å². The van der Waals surface area contributed by atoms with Gasteiger partial charge in [-0.05, 0) is 41.8 Å². The third-order valence-electron chi connectivity index (χ3n) is 7.80. The van der Waals surface area contributed by atoms with Gasteiger partial charge < -0.3 is 14.2 Å².